The summed E-state index contributed by atoms with van der Waals surface area (Å²) in [6.07, 6.45) is 9.70. The highest BCUT2D eigenvalue weighted by atomic mass is 32.2. The first-order valence-electron chi connectivity index (χ1n) is 15.4. The lowest BCUT2D eigenvalue weighted by atomic mass is 9.82. The molecule has 0 radical (unpaired) electrons. The van der Waals surface area contributed by atoms with Gasteiger partial charge in [0.05, 0.1) is 29.6 Å². The lowest BCUT2D eigenvalue weighted by Crippen LogP contribution is -2.22. The second kappa shape index (κ2) is 19.1. The maximum Gasteiger partial charge on any atom is 0.308 e. The van der Waals surface area contributed by atoms with Gasteiger partial charge in [0.15, 0.2) is 0 Å². The van der Waals surface area contributed by atoms with E-state index < -0.39 is 0 Å². The van der Waals surface area contributed by atoms with Crippen molar-refractivity contribution >= 4 is 35.5 Å². The average molecular weight is 579 g/mol. The third-order valence-corrected chi connectivity index (χ3v) is 11.0. The second-order valence-corrected chi connectivity index (χ2v) is 14.5. The van der Waals surface area contributed by atoms with Crippen molar-refractivity contribution in [3.8, 4) is 0 Å². The molecule has 2 rings (SSSR count). The Morgan fingerprint density at radius 1 is 0.821 bits per heavy atom. The number of unbranched alkanes of at least 4 members (excludes halogenated alkanes) is 1. The number of esters is 2. The van der Waals surface area contributed by atoms with Gasteiger partial charge in [0, 0.05) is 0 Å². The first-order valence-corrected chi connectivity index (χ1v) is 17.5. The van der Waals surface area contributed by atoms with E-state index in [1.165, 1.54) is 35.5 Å². The van der Waals surface area contributed by atoms with Gasteiger partial charge in [0.25, 0.3) is 0 Å². The Balaban J connectivity index is 2.13. The maximum atomic E-state index is 12.4. The van der Waals surface area contributed by atoms with Gasteiger partial charge in [-0.05, 0) is 99.2 Å². The van der Waals surface area contributed by atoms with Gasteiger partial charge in [-0.1, -0.05) is 64.8 Å². The van der Waals surface area contributed by atoms with Crippen LogP contribution in [0.2, 0.25) is 0 Å². The van der Waals surface area contributed by atoms with Gasteiger partial charge in [0.2, 0.25) is 0 Å². The standard InChI is InChI=1S/C33H54O4S2/c1-7-36-31(34)25(5)12-9-10-13-30(33-38-20-11-21-39-33)23-29(17-14-26(6)32(35)37-8-2)28-18-15-27(16-19-28)22-24(3)4/h15-16,18-19,24-26,29-30,33H,7-14,17,20-23H2,1-6H3. The molecule has 39 heavy (non-hydrogen) atoms. The van der Waals surface area contributed by atoms with Gasteiger partial charge >= 0.3 is 11.9 Å². The zero-order valence-electron chi connectivity index (χ0n) is 25.4. The maximum absolute atomic E-state index is 12.4. The molecule has 0 amide bonds. The molecule has 1 aromatic carbocycles. The molecule has 222 valence electrons. The lowest BCUT2D eigenvalue weighted by Gasteiger charge is -2.33. The van der Waals surface area contributed by atoms with Crippen molar-refractivity contribution in [3.05, 3.63) is 35.4 Å². The van der Waals surface area contributed by atoms with Crippen LogP contribution in [-0.4, -0.2) is 41.2 Å². The molecule has 0 spiro atoms. The lowest BCUT2D eigenvalue weighted by molar-refractivity contribution is -0.148. The van der Waals surface area contributed by atoms with Crippen LogP contribution in [0.4, 0.5) is 0 Å². The van der Waals surface area contributed by atoms with Crippen molar-refractivity contribution in [2.24, 2.45) is 23.7 Å². The summed E-state index contributed by atoms with van der Waals surface area (Å²) in [5, 5.41) is 0. The number of hydrogen-bond acceptors (Lipinski definition) is 6. The predicted octanol–water partition coefficient (Wildman–Crippen LogP) is 8.91. The quantitative estimate of drug-likeness (QED) is 0.128. The molecule has 1 aromatic rings. The third kappa shape index (κ3) is 12.9. The van der Waals surface area contributed by atoms with Crippen LogP contribution >= 0.6 is 23.5 Å². The molecule has 1 aliphatic heterocycles. The molecular formula is C33H54O4S2. The van der Waals surface area contributed by atoms with E-state index in [1.54, 1.807) is 0 Å². The summed E-state index contributed by atoms with van der Waals surface area (Å²) >= 11 is 4.29. The number of hydrogen-bond donors (Lipinski definition) is 0. The largest absolute Gasteiger partial charge is 0.466 e. The van der Waals surface area contributed by atoms with Crippen LogP contribution in [-0.2, 0) is 25.5 Å². The Kier molecular flexibility index (Phi) is 16.7. The van der Waals surface area contributed by atoms with Gasteiger partial charge < -0.3 is 9.47 Å². The van der Waals surface area contributed by atoms with E-state index in [4.69, 9.17) is 9.47 Å². The Morgan fingerprint density at radius 2 is 1.38 bits per heavy atom. The summed E-state index contributed by atoms with van der Waals surface area (Å²) in [5.41, 5.74) is 2.81. The van der Waals surface area contributed by atoms with Gasteiger partial charge in [-0.15, -0.1) is 23.5 Å². The first-order chi connectivity index (χ1) is 18.7. The Morgan fingerprint density at radius 3 is 1.95 bits per heavy atom. The highest BCUT2D eigenvalue weighted by Crippen LogP contribution is 2.43. The molecule has 0 aliphatic carbocycles. The number of carbonyl (C=O) groups is 2. The van der Waals surface area contributed by atoms with Gasteiger partial charge in [-0.2, -0.15) is 0 Å². The van der Waals surface area contributed by atoms with Crippen LogP contribution in [0.3, 0.4) is 0 Å². The Labute approximate surface area is 247 Å². The molecule has 0 N–H and O–H groups in total. The fourth-order valence-corrected chi connectivity index (χ4v) is 8.71. The summed E-state index contributed by atoms with van der Waals surface area (Å²) in [5.74, 6) is 3.97. The fourth-order valence-electron chi connectivity index (χ4n) is 5.44. The number of rotatable bonds is 18. The number of thioether (sulfide) groups is 2. The first kappa shape index (κ1) is 34.1. The van der Waals surface area contributed by atoms with Gasteiger partial charge in [-0.3, -0.25) is 9.59 Å². The second-order valence-electron chi connectivity index (χ2n) is 11.7. The van der Waals surface area contributed by atoms with Crippen LogP contribution in [0.1, 0.15) is 110 Å². The topological polar surface area (TPSA) is 52.6 Å². The van der Waals surface area contributed by atoms with Crippen LogP contribution in [0.15, 0.2) is 24.3 Å². The van der Waals surface area contributed by atoms with Crippen LogP contribution in [0.25, 0.3) is 0 Å². The van der Waals surface area contributed by atoms with Gasteiger partial charge in [-0.25, -0.2) is 0 Å². The van der Waals surface area contributed by atoms with Gasteiger partial charge in [0.1, 0.15) is 0 Å². The van der Waals surface area contributed by atoms with Crippen molar-refractivity contribution in [1.82, 2.24) is 0 Å². The summed E-state index contributed by atoms with van der Waals surface area (Å²) in [6, 6.07) is 9.31. The highest BCUT2D eigenvalue weighted by Gasteiger charge is 2.29. The zero-order valence-corrected chi connectivity index (χ0v) is 27.0. The molecule has 6 heteroatoms. The molecule has 4 nitrogen and oxygen atoms in total. The van der Waals surface area contributed by atoms with E-state index in [-0.39, 0.29) is 23.8 Å². The number of carbonyl (C=O) groups excluding carboxylic acids is 2. The molecule has 4 atom stereocenters. The molecule has 0 saturated carbocycles. The van der Waals surface area contributed by atoms with E-state index in [0.717, 1.165) is 44.9 Å². The minimum absolute atomic E-state index is 0.0247. The number of benzene rings is 1. The van der Waals surface area contributed by atoms with E-state index in [9.17, 15) is 9.59 Å². The predicted molar refractivity (Wildman–Crippen MR) is 168 cm³/mol. The van der Waals surface area contributed by atoms with Crippen molar-refractivity contribution in [2.75, 3.05) is 24.7 Å². The third-order valence-electron chi connectivity index (χ3n) is 7.71. The minimum Gasteiger partial charge on any atom is -0.466 e. The molecule has 4 unspecified atom stereocenters. The Hall–Kier alpha value is -1.14. The van der Waals surface area contributed by atoms with Crippen LogP contribution < -0.4 is 0 Å². The molecule has 1 aliphatic rings. The smallest absolute Gasteiger partial charge is 0.308 e. The summed E-state index contributed by atoms with van der Waals surface area (Å²) < 4.78 is 11.1. The van der Waals surface area contributed by atoms with E-state index in [2.05, 4.69) is 61.6 Å². The molecule has 0 bridgehead atoms. The highest BCUT2D eigenvalue weighted by molar-refractivity contribution is 8.17. The van der Waals surface area contributed by atoms with E-state index in [1.807, 2.05) is 27.7 Å². The summed E-state index contributed by atoms with van der Waals surface area (Å²) in [4.78, 5) is 24.4. The summed E-state index contributed by atoms with van der Waals surface area (Å²) in [7, 11) is 0. The van der Waals surface area contributed by atoms with Crippen molar-refractivity contribution in [1.29, 1.82) is 0 Å². The zero-order chi connectivity index (χ0) is 28.6. The molecule has 1 fully saturated rings. The average Bonchev–Trinajstić information content (AvgIpc) is 2.92. The molecule has 0 aromatic heterocycles. The minimum atomic E-state index is -0.0751. The van der Waals surface area contributed by atoms with Crippen LogP contribution in [0, 0.1) is 23.7 Å². The van der Waals surface area contributed by atoms with Crippen molar-refractivity contribution in [2.45, 2.75) is 110 Å². The number of ether oxygens (including phenoxy) is 2. The van der Waals surface area contributed by atoms with Crippen molar-refractivity contribution in [3.63, 3.8) is 0 Å². The van der Waals surface area contributed by atoms with Crippen molar-refractivity contribution < 1.29 is 19.1 Å². The Bertz CT molecular complexity index is 819. The van der Waals surface area contributed by atoms with E-state index >= 15 is 0 Å². The summed E-state index contributed by atoms with van der Waals surface area (Å²) in [6.45, 7) is 13.2. The normalized spacial score (nSPS) is 17.4. The molecular weight excluding hydrogens is 524 g/mol. The molecule has 1 heterocycles. The SMILES string of the molecule is CCOC(=O)C(C)CCCCC(CC(CCC(C)C(=O)OCC)c1ccc(CC(C)C)cc1)C1SCCCS1. The molecule has 1 saturated heterocycles. The van der Waals surface area contributed by atoms with E-state index in [0.29, 0.717) is 35.5 Å². The monoisotopic (exact) mass is 578 g/mol. The fraction of sp³-hybridized carbons (Fsp3) is 0.758. The van der Waals surface area contributed by atoms with Crippen LogP contribution in [0.5, 0.6) is 0 Å².